The predicted molar refractivity (Wildman–Crippen MR) is 39.7 cm³/mol. The average molecular weight is 126 g/mol. The van der Waals surface area contributed by atoms with Crippen LogP contribution in [-0.2, 0) is 0 Å². The van der Waals surface area contributed by atoms with Crippen molar-refractivity contribution in [2.75, 3.05) is 0 Å². The molecule has 8 heavy (non-hydrogen) atoms. The summed E-state index contributed by atoms with van der Waals surface area (Å²) in [7, 11) is 0. The van der Waals surface area contributed by atoms with E-state index in [1.54, 1.807) is 0 Å². The number of rotatable bonds is 0. The minimum absolute atomic E-state index is 1.23. The predicted octanol–water partition coefficient (Wildman–Crippen LogP) is 2.93. The van der Waals surface area contributed by atoms with E-state index in [1.165, 1.54) is 17.7 Å². The van der Waals surface area contributed by atoms with Crippen LogP contribution in [0.2, 0.25) is 0 Å². The summed E-state index contributed by atoms with van der Waals surface area (Å²) in [6, 6.07) is 0. The number of allylic oxidation sites excluding steroid dienone is 3. The molecule has 1 aliphatic heterocycles. The van der Waals surface area contributed by atoms with Crippen LogP contribution < -0.4 is 0 Å². The molecule has 0 saturated carbocycles. The van der Waals surface area contributed by atoms with Gasteiger partial charge in [0.15, 0.2) is 0 Å². The highest BCUT2D eigenvalue weighted by atomic mass is 32.2. The molecule has 0 aromatic rings. The summed E-state index contributed by atoms with van der Waals surface area (Å²) in [6.07, 6.45) is 6.89. The maximum Gasteiger partial charge on any atom is -0.0148 e. The third-order valence-electron chi connectivity index (χ3n) is 1.20. The summed E-state index contributed by atoms with van der Waals surface area (Å²) in [4.78, 5) is 1.51. The van der Waals surface area contributed by atoms with Crippen LogP contribution in [-0.4, -0.2) is 0 Å². The minimum Gasteiger partial charge on any atom is -0.103 e. The smallest absolute Gasteiger partial charge is 0.0148 e. The fraction of sp³-hybridized carbons (Fsp3) is 0.429. The summed E-state index contributed by atoms with van der Waals surface area (Å²) in [5.41, 5.74) is 0. The first kappa shape index (κ1) is 5.96. The van der Waals surface area contributed by atoms with Crippen LogP contribution in [0.25, 0.3) is 0 Å². The Morgan fingerprint density at radius 3 is 3.00 bits per heavy atom. The topological polar surface area (TPSA) is 0 Å². The van der Waals surface area contributed by atoms with Gasteiger partial charge in [0, 0.05) is 0 Å². The molecule has 0 amide bonds. The second-order valence-corrected chi connectivity index (χ2v) is 2.82. The molecular weight excluding hydrogens is 116 g/mol. The van der Waals surface area contributed by atoms with Gasteiger partial charge < -0.3 is 0 Å². The highest BCUT2D eigenvalue weighted by molar-refractivity contribution is 8.05. The largest absolute Gasteiger partial charge is 0.103 e. The standard InChI is InChI=1S/C7H10S/c1-2-7-5-3-4-6-8-7/h2,4,6H,3,5H2,1H3/b7-2+. The molecule has 1 aliphatic rings. The Morgan fingerprint density at radius 1 is 1.75 bits per heavy atom. The van der Waals surface area contributed by atoms with Gasteiger partial charge >= 0.3 is 0 Å². The molecule has 0 nitrogen and oxygen atoms in total. The summed E-state index contributed by atoms with van der Waals surface area (Å²) in [6.45, 7) is 2.10. The molecule has 0 aliphatic carbocycles. The Morgan fingerprint density at radius 2 is 2.62 bits per heavy atom. The average Bonchev–Trinajstić information content (AvgIpc) is 1.90. The van der Waals surface area contributed by atoms with E-state index in [1.807, 2.05) is 11.8 Å². The van der Waals surface area contributed by atoms with Crippen molar-refractivity contribution in [1.29, 1.82) is 0 Å². The van der Waals surface area contributed by atoms with Crippen molar-refractivity contribution in [3.63, 3.8) is 0 Å². The molecule has 0 aromatic carbocycles. The quantitative estimate of drug-likeness (QED) is 0.481. The molecule has 1 heterocycles. The Kier molecular flexibility index (Phi) is 2.22. The van der Waals surface area contributed by atoms with Crippen molar-refractivity contribution >= 4 is 11.8 Å². The fourth-order valence-corrected chi connectivity index (χ4v) is 1.48. The zero-order valence-corrected chi connectivity index (χ0v) is 5.87. The molecule has 0 atom stereocenters. The first-order chi connectivity index (χ1) is 3.93. The van der Waals surface area contributed by atoms with E-state index < -0.39 is 0 Å². The fourth-order valence-electron chi connectivity index (χ4n) is 0.700. The van der Waals surface area contributed by atoms with E-state index in [0.29, 0.717) is 0 Å². The maximum absolute atomic E-state index is 2.22. The van der Waals surface area contributed by atoms with Gasteiger partial charge in [0.1, 0.15) is 0 Å². The van der Waals surface area contributed by atoms with Gasteiger partial charge in [-0.1, -0.05) is 12.2 Å². The van der Waals surface area contributed by atoms with Crippen LogP contribution in [0.1, 0.15) is 19.8 Å². The Balaban J connectivity index is 2.50. The van der Waals surface area contributed by atoms with Crippen LogP contribution in [0.5, 0.6) is 0 Å². The van der Waals surface area contributed by atoms with Crippen molar-refractivity contribution in [1.82, 2.24) is 0 Å². The second-order valence-electron chi connectivity index (χ2n) is 1.78. The molecule has 0 radical (unpaired) electrons. The third kappa shape index (κ3) is 1.41. The lowest BCUT2D eigenvalue weighted by molar-refractivity contribution is 1.03. The summed E-state index contributed by atoms with van der Waals surface area (Å²) >= 11 is 1.84. The molecule has 1 heteroatoms. The van der Waals surface area contributed by atoms with E-state index in [9.17, 15) is 0 Å². The summed E-state index contributed by atoms with van der Waals surface area (Å²) in [5, 5.41) is 2.17. The molecule has 0 bridgehead atoms. The van der Waals surface area contributed by atoms with Crippen LogP contribution in [0, 0.1) is 0 Å². The normalized spacial score (nSPS) is 24.4. The first-order valence-corrected chi connectivity index (χ1v) is 3.78. The van der Waals surface area contributed by atoms with E-state index in [0.717, 1.165) is 0 Å². The molecular formula is C7H10S. The second kappa shape index (κ2) is 2.98. The SMILES string of the molecule is C/C=C1\CCC=CS1. The van der Waals surface area contributed by atoms with Crippen LogP contribution >= 0.6 is 11.8 Å². The van der Waals surface area contributed by atoms with Crippen molar-refractivity contribution in [3.05, 3.63) is 22.5 Å². The molecule has 0 N–H and O–H groups in total. The summed E-state index contributed by atoms with van der Waals surface area (Å²) < 4.78 is 0. The zero-order chi connectivity index (χ0) is 5.82. The van der Waals surface area contributed by atoms with Gasteiger partial charge in [0.25, 0.3) is 0 Å². The Hall–Kier alpha value is -0.170. The molecule has 0 fully saturated rings. The van der Waals surface area contributed by atoms with Crippen LogP contribution in [0.15, 0.2) is 22.5 Å². The van der Waals surface area contributed by atoms with Gasteiger partial charge in [0.05, 0.1) is 0 Å². The van der Waals surface area contributed by atoms with Crippen molar-refractivity contribution in [2.45, 2.75) is 19.8 Å². The van der Waals surface area contributed by atoms with E-state index in [4.69, 9.17) is 0 Å². The molecule has 44 valence electrons. The Labute approximate surface area is 54.7 Å². The van der Waals surface area contributed by atoms with E-state index >= 15 is 0 Å². The van der Waals surface area contributed by atoms with Crippen LogP contribution in [0.4, 0.5) is 0 Å². The van der Waals surface area contributed by atoms with Crippen LogP contribution in [0.3, 0.4) is 0 Å². The number of hydrogen-bond donors (Lipinski definition) is 0. The van der Waals surface area contributed by atoms with Gasteiger partial charge in [-0.15, -0.1) is 11.8 Å². The molecule has 0 aromatic heterocycles. The van der Waals surface area contributed by atoms with E-state index in [2.05, 4.69) is 24.5 Å². The summed E-state index contributed by atoms with van der Waals surface area (Å²) in [5.74, 6) is 0. The molecule has 0 spiro atoms. The highest BCUT2D eigenvalue weighted by Crippen LogP contribution is 2.26. The van der Waals surface area contributed by atoms with Gasteiger partial charge in [-0.25, -0.2) is 0 Å². The van der Waals surface area contributed by atoms with E-state index in [-0.39, 0.29) is 0 Å². The Bertz CT molecular complexity index is 122. The minimum atomic E-state index is 1.23. The monoisotopic (exact) mass is 126 g/mol. The zero-order valence-electron chi connectivity index (χ0n) is 5.05. The molecule has 0 saturated heterocycles. The van der Waals surface area contributed by atoms with Crippen molar-refractivity contribution in [2.24, 2.45) is 0 Å². The highest BCUT2D eigenvalue weighted by Gasteiger charge is 1.96. The van der Waals surface area contributed by atoms with Gasteiger partial charge in [-0.05, 0) is 30.1 Å². The van der Waals surface area contributed by atoms with Gasteiger partial charge in [-0.3, -0.25) is 0 Å². The number of hydrogen-bond acceptors (Lipinski definition) is 1. The molecule has 0 unspecified atom stereocenters. The lowest BCUT2D eigenvalue weighted by Gasteiger charge is -2.04. The maximum atomic E-state index is 2.22. The van der Waals surface area contributed by atoms with Gasteiger partial charge in [-0.2, -0.15) is 0 Å². The molecule has 1 rings (SSSR count). The third-order valence-corrected chi connectivity index (χ3v) is 2.27. The first-order valence-electron chi connectivity index (χ1n) is 2.90. The lowest BCUT2D eigenvalue weighted by atomic mass is 10.3. The van der Waals surface area contributed by atoms with Gasteiger partial charge in [0.2, 0.25) is 0 Å². The van der Waals surface area contributed by atoms with Crippen molar-refractivity contribution in [3.8, 4) is 0 Å². The lowest BCUT2D eigenvalue weighted by Crippen LogP contribution is -1.78. The number of thioether (sulfide) groups is 1. The van der Waals surface area contributed by atoms with Crippen molar-refractivity contribution < 1.29 is 0 Å².